The van der Waals surface area contributed by atoms with E-state index in [1.165, 1.54) is 0 Å². The average molecular weight is 187 g/mol. The lowest BCUT2D eigenvalue weighted by Gasteiger charge is -2.13. The number of esters is 1. The topological polar surface area (TPSA) is 70.0 Å². The molecule has 1 heterocycles. The minimum Gasteiger partial charge on any atom is -0.505 e. The number of hydrogen-bond donors (Lipinski definition) is 2. The van der Waals surface area contributed by atoms with Crippen molar-refractivity contribution in [2.45, 2.75) is 12.5 Å². The molecule has 0 radical (unpaired) electrons. The lowest BCUT2D eigenvalue weighted by molar-refractivity contribution is -0.142. The normalized spacial score (nSPS) is 22.7. The number of cyclic esters (lactones) is 1. The van der Waals surface area contributed by atoms with Crippen LogP contribution in [0.5, 0.6) is 0 Å². The van der Waals surface area contributed by atoms with E-state index in [1.807, 2.05) is 19.0 Å². The van der Waals surface area contributed by atoms with Gasteiger partial charge in [0.2, 0.25) is 5.76 Å². The summed E-state index contributed by atoms with van der Waals surface area (Å²) in [5, 5.41) is 18.1. The molecule has 0 aromatic carbocycles. The maximum Gasteiger partial charge on any atom is 0.377 e. The molecule has 0 spiro atoms. The molecule has 1 rings (SSSR count). The van der Waals surface area contributed by atoms with E-state index in [0.29, 0.717) is 13.0 Å². The van der Waals surface area contributed by atoms with Crippen molar-refractivity contribution in [2.24, 2.45) is 0 Å². The molecule has 0 saturated carbocycles. The second-order valence-electron chi connectivity index (χ2n) is 3.22. The minimum absolute atomic E-state index is 0.355. The molecule has 1 atom stereocenters. The Labute approximate surface area is 76.2 Å². The molecule has 0 unspecified atom stereocenters. The number of nitrogens with zero attached hydrogens (tertiary/aromatic N) is 1. The van der Waals surface area contributed by atoms with E-state index in [1.54, 1.807) is 0 Å². The van der Waals surface area contributed by atoms with Crippen LogP contribution in [-0.4, -0.2) is 47.8 Å². The van der Waals surface area contributed by atoms with Crippen LogP contribution in [0.3, 0.4) is 0 Å². The quantitative estimate of drug-likeness (QED) is 0.617. The van der Waals surface area contributed by atoms with Gasteiger partial charge in [0, 0.05) is 13.0 Å². The van der Waals surface area contributed by atoms with Gasteiger partial charge in [0.05, 0.1) is 0 Å². The summed E-state index contributed by atoms with van der Waals surface area (Å²) < 4.78 is 4.70. The predicted octanol–water partition coefficient (Wildman–Crippen LogP) is 0.191. The zero-order valence-electron chi connectivity index (χ0n) is 7.65. The number of carbonyl (C=O) groups is 1. The first-order chi connectivity index (χ1) is 6.02. The first kappa shape index (κ1) is 9.85. The fraction of sp³-hybridized carbons (Fsp3) is 0.625. The number of hydrogen-bond acceptors (Lipinski definition) is 5. The van der Waals surface area contributed by atoms with Crippen LogP contribution in [0.15, 0.2) is 11.5 Å². The molecule has 0 fully saturated rings. The summed E-state index contributed by atoms with van der Waals surface area (Å²) in [5.74, 6) is -1.86. The third kappa shape index (κ3) is 2.12. The smallest absolute Gasteiger partial charge is 0.377 e. The molecular weight excluding hydrogens is 174 g/mol. The summed E-state index contributed by atoms with van der Waals surface area (Å²) in [6.07, 6.45) is -0.204. The molecule has 2 N–H and O–H groups in total. The maximum absolute atomic E-state index is 10.7. The van der Waals surface area contributed by atoms with Crippen molar-refractivity contribution in [1.82, 2.24) is 4.90 Å². The lowest BCUT2D eigenvalue weighted by atomic mass is 10.2. The van der Waals surface area contributed by atoms with Crippen LogP contribution in [-0.2, 0) is 9.53 Å². The van der Waals surface area contributed by atoms with Crippen molar-refractivity contribution in [3.63, 3.8) is 0 Å². The highest BCUT2D eigenvalue weighted by Crippen LogP contribution is 2.20. The fourth-order valence-electron chi connectivity index (χ4n) is 1.07. The Morgan fingerprint density at radius 3 is 2.46 bits per heavy atom. The maximum atomic E-state index is 10.7. The van der Waals surface area contributed by atoms with Gasteiger partial charge in [-0.2, -0.15) is 0 Å². The standard InChI is InChI=1S/C8H13NO4/c1-9(2)4-3-5-6(10)7(11)8(12)13-5/h5,10-11H,3-4H2,1-2H3/t5-/m1/s1. The molecule has 0 aromatic rings. The summed E-state index contributed by atoms with van der Waals surface area (Å²) >= 11 is 0. The number of ether oxygens (including phenoxy) is 1. The van der Waals surface area contributed by atoms with Crippen LogP contribution in [0.1, 0.15) is 6.42 Å². The van der Waals surface area contributed by atoms with Gasteiger partial charge in [0.1, 0.15) is 0 Å². The lowest BCUT2D eigenvalue weighted by Crippen LogP contribution is -2.21. The van der Waals surface area contributed by atoms with Gasteiger partial charge >= 0.3 is 5.97 Å². The molecular formula is C8H13NO4. The first-order valence-corrected chi connectivity index (χ1v) is 4.00. The number of rotatable bonds is 3. The van der Waals surface area contributed by atoms with Crippen molar-refractivity contribution >= 4 is 5.97 Å². The van der Waals surface area contributed by atoms with Crippen molar-refractivity contribution in [3.05, 3.63) is 11.5 Å². The van der Waals surface area contributed by atoms with Crippen LogP contribution in [0.2, 0.25) is 0 Å². The Bertz CT molecular complexity index is 247. The molecule has 0 aliphatic carbocycles. The molecule has 13 heavy (non-hydrogen) atoms. The molecule has 0 saturated heterocycles. The van der Waals surface area contributed by atoms with Gasteiger partial charge < -0.3 is 19.8 Å². The van der Waals surface area contributed by atoms with Crippen molar-refractivity contribution < 1.29 is 19.7 Å². The van der Waals surface area contributed by atoms with Crippen LogP contribution in [0, 0.1) is 0 Å². The van der Waals surface area contributed by atoms with Crippen LogP contribution >= 0.6 is 0 Å². The number of aliphatic hydroxyl groups is 2. The summed E-state index contributed by atoms with van der Waals surface area (Å²) in [6, 6.07) is 0. The van der Waals surface area contributed by atoms with E-state index in [4.69, 9.17) is 9.84 Å². The number of aliphatic hydroxyl groups excluding tert-OH is 2. The van der Waals surface area contributed by atoms with E-state index in [-0.39, 0.29) is 5.76 Å². The summed E-state index contributed by atoms with van der Waals surface area (Å²) in [6.45, 7) is 0.676. The molecule has 5 heteroatoms. The Balaban J connectivity index is 2.51. The third-order valence-electron chi connectivity index (χ3n) is 1.83. The summed E-state index contributed by atoms with van der Waals surface area (Å²) in [5.41, 5.74) is 0. The van der Waals surface area contributed by atoms with Gasteiger partial charge in [-0.05, 0) is 14.1 Å². The molecule has 74 valence electrons. The van der Waals surface area contributed by atoms with E-state index in [2.05, 4.69) is 0 Å². The largest absolute Gasteiger partial charge is 0.505 e. The molecule has 0 aromatic heterocycles. The third-order valence-corrected chi connectivity index (χ3v) is 1.83. The van der Waals surface area contributed by atoms with E-state index >= 15 is 0 Å². The molecule has 5 nitrogen and oxygen atoms in total. The Morgan fingerprint density at radius 1 is 1.46 bits per heavy atom. The summed E-state index contributed by atoms with van der Waals surface area (Å²) in [4.78, 5) is 12.6. The first-order valence-electron chi connectivity index (χ1n) is 4.00. The van der Waals surface area contributed by atoms with E-state index in [9.17, 15) is 9.90 Å². The van der Waals surface area contributed by atoms with Crippen molar-refractivity contribution in [2.75, 3.05) is 20.6 Å². The van der Waals surface area contributed by atoms with Crippen molar-refractivity contribution in [3.8, 4) is 0 Å². The van der Waals surface area contributed by atoms with Gasteiger partial charge in [-0.25, -0.2) is 4.79 Å². The monoisotopic (exact) mass is 187 g/mol. The van der Waals surface area contributed by atoms with Crippen LogP contribution in [0.25, 0.3) is 0 Å². The van der Waals surface area contributed by atoms with Crippen LogP contribution < -0.4 is 0 Å². The van der Waals surface area contributed by atoms with E-state index < -0.39 is 17.8 Å². The van der Waals surface area contributed by atoms with Crippen molar-refractivity contribution in [1.29, 1.82) is 0 Å². The van der Waals surface area contributed by atoms with Gasteiger partial charge in [-0.3, -0.25) is 0 Å². The average Bonchev–Trinajstić information content (AvgIpc) is 2.29. The van der Waals surface area contributed by atoms with Gasteiger partial charge in [-0.1, -0.05) is 0 Å². The molecule has 1 aliphatic heterocycles. The van der Waals surface area contributed by atoms with Gasteiger partial charge in [0.15, 0.2) is 11.9 Å². The van der Waals surface area contributed by atoms with Gasteiger partial charge in [-0.15, -0.1) is 0 Å². The second-order valence-corrected chi connectivity index (χ2v) is 3.22. The minimum atomic E-state index is -0.846. The predicted molar refractivity (Wildman–Crippen MR) is 45.3 cm³/mol. The Hall–Kier alpha value is -1.23. The van der Waals surface area contributed by atoms with Gasteiger partial charge in [0.25, 0.3) is 0 Å². The van der Waals surface area contributed by atoms with Crippen LogP contribution in [0.4, 0.5) is 0 Å². The Kier molecular flexibility index (Phi) is 2.77. The SMILES string of the molecule is CN(C)CC[C@H]1OC(=O)C(O)=C1O. The highest BCUT2D eigenvalue weighted by molar-refractivity contribution is 5.88. The molecule has 0 bridgehead atoms. The zero-order chi connectivity index (χ0) is 10.0. The number of carbonyl (C=O) groups excluding carboxylic acids is 1. The fourth-order valence-corrected chi connectivity index (χ4v) is 1.07. The highest BCUT2D eigenvalue weighted by Gasteiger charge is 2.33. The Morgan fingerprint density at radius 2 is 2.08 bits per heavy atom. The zero-order valence-corrected chi connectivity index (χ0v) is 7.65. The molecule has 1 aliphatic rings. The molecule has 0 amide bonds. The summed E-state index contributed by atoms with van der Waals surface area (Å²) in [7, 11) is 3.74. The second kappa shape index (κ2) is 3.66. The highest BCUT2D eigenvalue weighted by atomic mass is 16.6. The van der Waals surface area contributed by atoms with E-state index in [0.717, 1.165) is 0 Å².